The molecule has 1 heterocycles. The Hall–Kier alpha value is -1.82. The summed E-state index contributed by atoms with van der Waals surface area (Å²) in [5.41, 5.74) is 1.09. The smallest absolute Gasteiger partial charge is 0.298 e. The Morgan fingerprint density at radius 1 is 1.50 bits per heavy atom. The molecule has 0 saturated carbocycles. The molecule has 0 aliphatic heterocycles. The van der Waals surface area contributed by atoms with Crippen molar-refractivity contribution in [2.45, 2.75) is 26.3 Å². The fourth-order valence-corrected chi connectivity index (χ4v) is 1.66. The average Bonchev–Trinajstić information content (AvgIpc) is 2.31. The van der Waals surface area contributed by atoms with Crippen molar-refractivity contribution in [2.75, 3.05) is 7.05 Å². The molecular weight excluding hydrogens is 200 g/mol. The monoisotopic (exact) mass is 216 g/mol. The molecule has 0 aromatic carbocycles. The van der Waals surface area contributed by atoms with Crippen molar-refractivity contribution >= 4 is 5.91 Å². The van der Waals surface area contributed by atoms with Gasteiger partial charge in [0.2, 0.25) is 0 Å². The molecular formula is C13H16N2O. The third-order valence-corrected chi connectivity index (χ3v) is 2.50. The van der Waals surface area contributed by atoms with E-state index >= 15 is 0 Å². The van der Waals surface area contributed by atoms with Gasteiger partial charge in [0.15, 0.2) is 0 Å². The zero-order chi connectivity index (χ0) is 12.0. The molecule has 84 valence electrons. The largest absolute Gasteiger partial charge is 0.328 e. The van der Waals surface area contributed by atoms with Crippen LogP contribution in [0.15, 0.2) is 24.5 Å². The summed E-state index contributed by atoms with van der Waals surface area (Å²) in [5.74, 6) is 5.03. The Kier molecular flexibility index (Phi) is 4.53. The van der Waals surface area contributed by atoms with E-state index in [4.69, 9.17) is 0 Å². The van der Waals surface area contributed by atoms with Gasteiger partial charge in [-0.25, -0.2) is 0 Å². The molecule has 0 saturated heterocycles. The standard InChI is InChI=1S/C13H16N2O/c1-4-6-13(16)15(3)12(5-2)11-7-9-14-10-8-11/h7-10,12H,5H2,1-3H3. The lowest BCUT2D eigenvalue weighted by Crippen LogP contribution is -2.29. The first kappa shape index (κ1) is 12.3. The second-order valence-electron chi connectivity index (χ2n) is 3.50. The summed E-state index contributed by atoms with van der Waals surface area (Å²) in [6.07, 6.45) is 4.33. The summed E-state index contributed by atoms with van der Waals surface area (Å²) in [6.45, 7) is 3.72. The topological polar surface area (TPSA) is 33.2 Å². The van der Waals surface area contributed by atoms with Gasteiger partial charge in [0, 0.05) is 19.4 Å². The molecule has 1 aromatic heterocycles. The Labute approximate surface area is 96.5 Å². The van der Waals surface area contributed by atoms with Gasteiger partial charge in [0.1, 0.15) is 0 Å². The van der Waals surface area contributed by atoms with Gasteiger partial charge >= 0.3 is 0 Å². The Balaban J connectivity index is 2.89. The number of hydrogen-bond acceptors (Lipinski definition) is 2. The van der Waals surface area contributed by atoms with Gasteiger partial charge in [-0.2, -0.15) is 0 Å². The van der Waals surface area contributed by atoms with Crippen molar-refractivity contribution in [3.63, 3.8) is 0 Å². The predicted molar refractivity (Wildman–Crippen MR) is 63.5 cm³/mol. The van der Waals surface area contributed by atoms with Crippen LogP contribution in [0.1, 0.15) is 31.9 Å². The first-order valence-corrected chi connectivity index (χ1v) is 5.30. The van der Waals surface area contributed by atoms with E-state index in [1.165, 1.54) is 0 Å². The Morgan fingerprint density at radius 2 is 2.12 bits per heavy atom. The van der Waals surface area contributed by atoms with Gasteiger partial charge in [-0.1, -0.05) is 12.8 Å². The highest BCUT2D eigenvalue weighted by atomic mass is 16.2. The van der Waals surface area contributed by atoms with Crippen molar-refractivity contribution in [1.82, 2.24) is 9.88 Å². The van der Waals surface area contributed by atoms with Gasteiger partial charge in [0.25, 0.3) is 5.91 Å². The summed E-state index contributed by atoms with van der Waals surface area (Å²) in [4.78, 5) is 17.3. The van der Waals surface area contributed by atoms with Crippen LogP contribution in [0.25, 0.3) is 0 Å². The van der Waals surface area contributed by atoms with E-state index in [-0.39, 0.29) is 11.9 Å². The van der Waals surface area contributed by atoms with Crippen LogP contribution in [0.2, 0.25) is 0 Å². The van der Waals surface area contributed by atoms with E-state index < -0.39 is 0 Å². The van der Waals surface area contributed by atoms with Crippen LogP contribution in [0.3, 0.4) is 0 Å². The minimum absolute atomic E-state index is 0.0661. The third kappa shape index (κ3) is 2.83. The number of pyridine rings is 1. The lowest BCUT2D eigenvalue weighted by atomic mass is 10.0. The third-order valence-electron chi connectivity index (χ3n) is 2.50. The number of carbonyl (C=O) groups is 1. The van der Waals surface area contributed by atoms with Crippen LogP contribution in [-0.4, -0.2) is 22.8 Å². The van der Waals surface area contributed by atoms with E-state index in [1.807, 2.05) is 19.1 Å². The fraction of sp³-hybridized carbons (Fsp3) is 0.385. The van der Waals surface area contributed by atoms with Crippen LogP contribution in [0, 0.1) is 11.8 Å². The number of nitrogens with zero attached hydrogens (tertiary/aromatic N) is 2. The molecule has 1 rings (SSSR count). The van der Waals surface area contributed by atoms with Gasteiger partial charge in [-0.15, -0.1) is 0 Å². The Morgan fingerprint density at radius 3 is 2.62 bits per heavy atom. The molecule has 1 atom stereocenters. The van der Waals surface area contributed by atoms with Gasteiger partial charge in [-0.3, -0.25) is 9.78 Å². The molecule has 16 heavy (non-hydrogen) atoms. The minimum atomic E-state index is -0.147. The van der Waals surface area contributed by atoms with Gasteiger partial charge in [0.05, 0.1) is 6.04 Å². The summed E-state index contributed by atoms with van der Waals surface area (Å²) >= 11 is 0. The van der Waals surface area contributed by atoms with Crippen LogP contribution < -0.4 is 0 Å². The molecule has 1 amide bonds. The van der Waals surface area contributed by atoms with E-state index in [1.54, 1.807) is 31.3 Å². The number of hydrogen-bond donors (Lipinski definition) is 0. The second-order valence-corrected chi connectivity index (χ2v) is 3.50. The van der Waals surface area contributed by atoms with Crippen LogP contribution in [0.5, 0.6) is 0 Å². The van der Waals surface area contributed by atoms with E-state index in [0.29, 0.717) is 0 Å². The predicted octanol–water partition coefficient (Wildman–Crippen LogP) is 2.01. The number of carbonyl (C=O) groups excluding carboxylic acids is 1. The maximum Gasteiger partial charge on any atom is 0.298 e. The van der Waals surface area contributed by atoms with Crippen LogP contribution in [-0.2, 0) is 4.79 Å². The van der Waals surface area contributed by atoms with Gasteiger partial charge in [-0.05, 0) is 37.0 Å². The number of aromatic nitrogens is 1. The first-order valence-electron chi connectivity index (χ1n) is 5.30. The highest BCUT2D eigenvalue weighted by molar-refractivity contribution is 5.93. The van der Waals surface area contributed by atoms with Crippen molar-refractivity contribution in [3.05, 3.63) is 30.1 Å². The highest BCUT2D eigenvalue weighted by Crippen LogP contribution is 2.21. The molecule has 0 spiro atoms. The molecule has 0 fully saturated rings. The summed E-state index contributed by atoms with van der Waals surface area (Å²) in [6, 6.07) is 3.92. The molecule has 1 aromatic rings. The summed E-state index contributed by atoms with van der Waals surface area (Å²) in [7, 11) is 1.78. The lowest BCUT2D eigenvalue weighted by molar-refractivity contribution is -0.126. The quantitative estimate of drug-likeness (QED) is 0.724. The maximum atomic E-state index is 11.7. The average molecular weight is 216 g/mol. The van der Waals surface area contributed by atoms with E-state index in [9.17, 15) is 4.79 Å². The van der Waals surface area contributed by atoms with Crippen molar-refractivity contribution in [2.24, 2.45) is 0 Å². The van der Waals surface area contributed by atoms with E-state index in [0.717, 1.165) is 12.0 Å². The molecule has 0 aliphatic rings. The molecule has 1 unspecified atom stereocenters. The molecule has 0 N–H and O–H groups in total. The van der Waals surface area contributed by atoms with Gasteiger partial charge < -0.3 is 4.90 Å². The zero-order valence-corrected chi connectivity index (χ0v) is 9.90. The molecule has 0 bridgehead atoms. The number of amides is 1. The van der Waals surface area contributed by atoms with Crippen molar-refractivity contribution in [1.29, 1.82) is 0 Å². The van der Waals surface area contributed by atoms with Crippen molar-refractivity contribution in [3.8, 4) is 11.8 Å². The van der Waals surface area contributed by atoms with Crippen LogP contribution in [0.4, 0.5) is 0 Å². The maximum absolute atomic E-state index is 11.7. The number of rotatable bonds is 3. The van der Waals surface area contributed by atoms with E-state index in [2.05, 4.69) is 16.8 Å². The van der Waals surface area contributed by atoms with Crippen LogP contribution >= 0.6 is 0 Å². The Bertz CT molecular complexity index is 403. The molecule has 0 radical (unpaired) electrons. The highest BCUT2D eigenvalue weighted by Gasteiger charge is 2.18. The normalized spacial score (nSPS) is 11.2. The minimum Gasteiger partial charge on any atom is -0.328 e. The lowest BCUT2D eigenvalue weighted by Gasteiger charge is -2.25. The fourth-order valence-electron chi connectivity index (χ4n) is 1.66. The second kappa shape index (κ2) is 5.92. The summed E-state index contributed by atoms with van der Waals surface area (Å²) < 4.78 is 0. The molecule has 0 aliphatic carbocycles. The first-order chi connectivity index (χ1) is 7.70. The zero-order valence-electron chi connectivity index (χ0n) is 9.90. The molecule has 3 nitrogen and oxygen atoms in total. The molecule has 3 heteroatoms. The SMILES string of the molecule is CC#CC(=O)N(C)C(CC)c1ccncc1. The summed E-state index contributed by atoms with van der Waals surface area (Å²) in [5, 5.41) is 0. The van der Waals surface area contributed by atoms with Crippen molar-refractivity contribution < 1.29 is 4.79 Å².